The second-order valence-corrected chi connectivity index (χ2v) is 9.44. The van der Waals surface area contributed by atoms with Gasteiger partial charge in [0.2, 0.25) is 10.0 Å². The molecule has 1 heterocycles. The summed E-state index contributed by atoms with van der Waals surface area (Å²) >= 11 is 0. The monoisotopic (exact) mass is 310 g/mol. The number of rotatable bonds is 4. The molecule has 118 valence electrons. The van der Waals surface area contributed by atoms with Crippen molar-refractivity contribution in [3.8, 4) is 0 Å². The van der Waals surface area contributed by atoms with Crippen LogP contribution in [0.25, 0.3) is 0 Å². The van der Waals surface area contributed by atoms with Gasteiger partial charge in [0, 0.05) is 18.6 Å². The molecule has 2 rings (SSSR count). The number of fused-ring (bicyclic) bond motifs is 1. The SMILES string of the molecule is CC(C)(C)CC(C)(C)NS(=O)(=O)c1ccc2c(c1)CNC2. The summed E-state index contributed by atoms with van der Waals surface area (Å²) in [7, 11) is -3.49. The van der Waals surface area contributed by atoms with Crippen molar-refractivity contribution in [2.75, 3.05) is 0 Å². The second kappa shape index (κ2) is 5.38. The van der Waals surface area contributed by atoms with Gasteiger partial charge < -0.3 is 5.32 Å². The molecule has 0 saturated carbocycles. The van der Waals surface area contributed by atoms with E-state index < -0.39 is 15.6 Å². The molecule has 0 amide bonds. The number of benzene rings is 1. The van der Waals surface area contributed by atoms with E-state index in [0.29, 0.717) is 4.90 Å². The molecule has 0 spiro atoms. The summed E-state index contributed by atoms with van der Waals surface area (Å²) in [5.41, 5.74) is 1.84. The lowest BCUT2D eigenvalue weighted by Gasteiger charge is -2.33. The number of hydrogen-bond donors (Lipinski definition) is 2. The van der Waals surface area contributed by atoms with Gasteiger partial charge in [-0.05, 0) is 48.9 Å². The van der Waals surface area contributed by atoms with Gasteiger partial charge in [-0.2, -0.15) is 0 Å². The minimum atomic E-state index is -3.49. The average Bonchev–Trinajstić information content (AvgIpc) is 2.70. The van der Waals surface area contributed by atoms with Crippen molar-refractivity contribution in [2.24, 2.45) is 5.41 Å². The van der Waals surface area contributed by atoms with Crippen molar-refractivity contribution in [2.45, 2.75) is 64.6 Å². The fourth-order valence-corrected chi connectivity index (χ4v) is 4.68. The minimum absolute atomic E-state index is 0.0634. The summed E-state index contributed by atoms with van der Waals surface area (Å²) in [6, 6.07) is 5.38. The molecule has 0 aliphatic carbocycles. The molecule has 21 heavy (non-hydrogen) atoms. The van der Waals surface area contributed by atoms with Gasteiger partial charge in [-0.3, -0.25) is 0 Å². The van der Waals surface area contributed by atoms with E-state index in [9.17, 15) is 8.42 Å². The molecule has 0 aromatic heterocycles. The molecular formula is C16H26N2O2S. The van der Waals surface area contributed by atoms with Gasteiger partial charge in [-0.25, -0.2) is 13.1 Å². The summed E-state index contributed by atoms with van der Waals surface area (Å²) in [6.45, 7) is 11.8. The van der Waals surface area contributed by atoms with Crippen LogP contribution in [0.4, 0.5) is 0 Å². The first-order chi connectivity index (χ1) is 9.49. The quantitative estimate of drug-likeness (QED) is 0.899. The van der Waals surface area contributed by atoms with Crippen molar-refractivity contribution in [3.05, 3.63) is 29.3 Å². The highest BCUT2D eigenvalue weighted by molar-refractivity contribution is 7.89. The predicted molar refractivity (Wildman–Crippen MR) is 85.5 cm³/mol. The number of sulfonamides is 1. The molecule has 0 unspecified atom stereocenters. The fraction of sp³-hybridized carbons (Fsp3) is 0.625. The van der Waals surface area contributed by atoms with Gasteiger partial charge >= 0.3 is 0 Å². The van der Waals surface area contributed by atoms with E-state index in [2.05, 4.69) is 30.8 Å². The lowest BCUT2D eigenvalue weighted by atomic mass is 9.82. The molecule has 2 N–H and O–H groups in total. The van der Waals surface area contributed by atoms with Crippen LogP contribution in [0.3, 0.4) is 0 Å². The van der Waals surface area contributed by atoms with Crippen LogP contribution in [0.1, 0.15) is 52.2 Å². The molecule has 0 saturated heterocycles. The van der Waals surface area contributed by atoms with E-state index in [-0.39, 0.29) is 5.41 Å². The lowest BCUT2D eigenvalue weighted by Crippen LogP contribution is -2.45. The largest absolute Gasteiger partial charge is 0.309 e. The summed E-state index contributed by atoms with van der Waals surface area (Å²) in [5.74, 6) is 0. The smallest absolute Gasteiger partial charge is 0.241 e. The Hall–Kier alpha value is -0.910. The maximum atomic E-state index is 12.6. The first-order valence-corrected chi connectivity index (χ1v) is 8.83. The van der Waals surface area contributed by atoms with Crippen molar-refractivity contribution >= 4 is 10.0 Å². The minimum Gasteiger partial charge on any atom is -0.309 e. The van der Waals surface area contributed by atoms with E-state index in [0.717, 1.165) is 25.1 Å². The van der Waals surface area contributed by atoms with Crippen LogP contribution in [0, 0.1) is 5.41 Å². The van der Waals surface area contributed by atoms with Gasteiger partial charge in [0.05, 0.1) is 4.90 Å². The summed E-state index contributed by atoms with van der Waals surface area (Å²) in [5, 5.41) is 3.23. The molecule has 1 aliphatic rings. The summed E-state index contributed by atoms with van der Waals surface area (Å²) in [4.78, 5) is 0.354. The van der Waals surface area contributed by atoms with E-state index >= 15 is 0 Å². The Balaban J connectivity index is 2.22. The lowest BCUT2D eigenvalue weighted by molar-refractivity contribution is 0.269. The van der Waals surface area contributed by atoms with Crippen molar-refractivity contribution in [1.29, 1.82) is 0 Å². The molecule has 4 nitrogen and oxygen atoms in total. The van der Waals surface area contributed by atoms with Gasteiger partial charge in [-0.1, -0.05) is 26.8 Å². The molecule has 0 fully saturated rings. The van der Waals surface area contributed by atoms with E-state index in [4.69, 9.17) is 0 Å². The maximum Gasteiger partial charge on any atom is 0.241 e. The zero-order chi connectivity index (χ0) is 15.9. The van der Waals surface area contributed by atoms with E-state index in [1.54, 1.807) is 12.1 Å². The maximum absolute atomic E-state index is 12.6. The van der Waals surface area contributed by atoms with E-state index in [1.165, 1.54) is 5.56 Å². The third-order valence-electron chi connectivity index (χ3n) is 3.50. The van der Waals surface area contributed by atoms with Crippen LogP contribution < -0.4 is 10.0 Å². The normalized spacial score (nSPS) is 16.0. The molecule has 0 radical (unpaired) electrons. The van der Waals surface area contributed by atoms with Crippen LogP contribution >= 0.6 is 0 Å². The second-order valence-electron chi connectivity index (χ2n) is 7.76. The zero-order valence-corrected chi connectivity index (χ0v) is 14.4. The Morgan fingerprint density at radius 1 is 1.10 bits per heavy atom. The Bertz CT molecular complexity index is 628. The van der Waals surface area contributed by atoms with Gasteiger partial charge in [-0.15, -0.1) is 0 Å². The third-order valence-corrected chi connectivity index (χ3v) is 5.20. The van der Waals surface area contributed by atoms with Crippen LogP contribution in [-0.2, 0) is 23.1 Å². The van der Waals surface area contributed by atoms with Gasteiger partial charge in [0.15, 0.2) is 0 Å². The molecule has 5 heteroatoms. The van der Waals surface area contributed by atoms with Crippen molar-refractivity contribution < 1.29 is 8.42 Å². The van der Waals surface area contributed by atoms with Crippen molar-refractivity contribution in [3.63, 3.8) is 0 Å². The highest BCUT2D eigenvalue weighted by Crippen LogP contribution is 2.28. The number of nitrogens with one attached hydrogen (secondary N) is 2. The molecule has 1 aliphatic heterocycles. The Kier molecular flexibility index (Phi) is 4.21. The topological polar surface area (TPSA) is 58.2 Å². The third kappa shape index (κ3) is 4.28. The van der Waals surface area contributed by atoms with Crippen LogP contribution in [0.5, 0.6) is 0 Å². The molecular weight excluding hydrogens is 284 g/mol. The fourth-order valence-electron chi connectivity index (χ4n) is 3.22. The Morgan fingerprint density at radius 2 is 1.71 bits per heavy atom. The number of hydrogen-bond acceptors (Lipinski definition) is 3. The predicted octanol–water partition coefficient (Wildman–Crippen LogP) is 2.78. The van der Waals surface area contributed by atoms with Gasteiger partial charge in [0.25, 0.3) is 0 Å². The van der Waals surface area contributed by atoms with Crippen LogP contribution in [0.2, 0.25) is 0 Å². The Labute approximate surface area is 128 Å². The van der Waals surface area contributed by atoms with Crippen molar-refractivity contribution in [1.82, 2.24) is 10.0 Å². The first-order valence-electron chi connectivity index (χ1n) is 7.35. The van der Waals surface area contributed by atoms with Crippen LogP contribution in [-0.4, -0.2) is 14.0 Å². The van der Waals surface area contributed by atoms with Crippen LogP contribution in [0.15, 0.2) is 23.1 Å². The highest BCUT2D eigenvalue weighted by atomic mass is 32.2. The van der Waals surface area contributed by atoms with Gasteiger partial charge in [0.1, 0.15) is 0 Å². The molecule has 0 bridgehead atoms. The summed E-state index contributed by atoms with van der Waals surface area (Å²) in [6.07, 6.45) is 0.770. The molecule has 0 atom stereocenters. The standard InChI is InChI=1S/C16H26N2O2S/c1-15(2,3)11-16(4,5)18-21(19,20)14-7-6-12-9-17-10-13(12)8-14/h6-8,17-18H,9-11H2,1-5H3. The average molecular weight is 310 g/mol. The molecule has 1 aromatic rings. The highest BCUT2D eigenvalue weighted by Gasteiger charge is 2.31. The first kappa shape index (κ1) is 16.5. The Morgan fingerprint density at radius 3 is 2.33 bits per heavy atom. The zero-order valence-electron chi connectivity index (χ0n) is 13.6. The van der Waals surface area contributed by atoms with E-state index in [1.807, 2.05) is 19.9 Å². The summed E-state index contributed by atoms with van der Waals surface area (Å²) < 4.78 is 28.1. The molecule has 1 aromatic carbocycles.